The van der Waals surface area contributed by atoms with E-state index in [-0.39, 0.29) is 12.6 Å². The summed E-state index contributed by atoms with van der Waals surface area (Å²) in [5.41, 5.74) is 2.13. The molecule has 0 aliphatic heterocycles. The molecule has 1 unspecified atom stereocenters. The minimum Gasteiger partial charge on any atom is -0.370 e. The molecule has 102 valence electrons. The molecule has 1 aromatic rings. The highest BCUT2D eigenvalue weighted by Crippen LogP contribution is 2.18. The van der Waals surface area contributed by atoms with Crippen molar-refractivity contribution in [1.82, 2.24) is 5.32 Å². The van der Waals surface area contributed by atoms with Crippen LogP contribution in [0, 0.1) is 0 Å². The van der Waals surface area contributed by atoms with Gasteiger partial charge in [0.25, 0.3) is 0 Å². The zero-order valence-corrected chi connectivity index (χ0v) is 10.6. The number of likely N-dealkylation sites (N-methyl/N-ethyl adjacent to an activating group) is 1. The normalized spacial score (nSPS) is 13.6. The van der Waals surface area contributed by atoms with E-state index in [4.69, 9.17) is 0 Å². The van der Waals surface area contributed by atoms with Crippen LogP contribution in [-0.2, 0) is 11.2 Å². The van der Waals surface area contributed by atoms with Crippen molar-refractivity contribution in [2.45, 2.75) is 25.6 Å². The molecule has 0 spiro atoms. The molecule has 0 aliphatic carbocycles. The average Bonchev–Trinajstić information content (AvgIpc) is 2.34. The Morgan fingerprint density at radius 3 is 2.28 bits per heavy atom. The van der Waals surface area contributed by atoms with Crippen LogP contribution in [0.4, 0.5) is 13.2 Å². The lowest BCUT2D eigenvalue weighted by atomic mass is 10.0. The van der Waals surface area contributed by atoms with Crippen LogP contribution in [0.5, 0.6) is 0 Å². The van der Waals surface area contributed by atoms with Crippen LogP contribution in [0.15, 0.2) is 24.3 Å². The third-order valence-corrected chi connectivity index (χ3v) is 2.69. The number of rotatable bonds is 6. The lowest BCUT2D eigenvalue weighted by Gasteiger charge is -2.17. The van der Waals surface area contributed by atoms with Gasteiger partial charge in [-0.2, -0.15) is 13.2 Å². The van der Waals surface area contributed by atoms with Crippen molar-refractivity contribution in [3.05, 3.63) is 35.4 Å². The fourth-order valence-corrected chi connectivity index (χ4v) is 1.62. The molecule has 0 aliphatic rings. The van der Waals surface area contributed by atoms with Crippen molar-refractivity contribution in [1.29, 1.82) is 0 Å². The van der Waals surface area contributed by atoms with E-state index < -0.39 is 12.8 Å². The maximum Gasteiger partial charge on any atom is 0.411 e. The van der Waals surface area contributed by atoms with Crippen molar-refractivity contribution >= 4 is 0 Å². The first-order chi connectivity index (χ1) is 8.46. The predicted molar refractivity (Wildman–Crippen MR) is 64.5 cm³/mol. The van der Waals surface area contributed by atoms with Gasteiger partial charge in [-0.1, -0.05) is 31.2 Å². The second kappa shape index (κ2) is 6.75. The summed E-state index contributed by atoms with van der Waals surface area (Å²) < 4.78 is 40.6. The Morgan fingerprint density at radius 1 is 1.22 bits per heavy atom. The highest BCUT2D eigenvalue weighted by molar-refractivity contribution is 5.25. The highest BCUT2D eigenvalue weighted by Gasteiger charge is 2.27. The molecule has 0 radical (unpaired) electrons. The van der Waals surface area contributed by atoms with Crippen LogP contribution < -0.4 is 5.32 Å². The molecule has 1 rings (SSSR count). The molecule has 5 heteroatoms. The van der Waals surface area contributed by atoms with Gasteiger partial charge in [-0.3, -0.25) is 0 Å². The van der Waals surface area contributed by atoms with Crippen LogP contribution in [0.3, 0.4) is 0 Å². The standard InChI is InChI=1S/C13H18F3NO/c1-3-10-4-6-11(7-5-10)12(17-2)8-18-9-13(14,15)16/h4-7,12,17H,3,8-9H2,1-2H3. The van der Waals surface area contributed by atoms with Crippen LogP contribution in [0.1, 0.15) is 24.1 Å². The van der Waals surface area contributed by atoms with Gasteiger partial charge in [0, 0.05) is 0 Å². The van der Waals surface area contributed by atoms with Gasteiger partial charge in [0.2, 0.25) is 0 Å². The molecule has 2 nitrogen and oxygen atoms in total. The lowest BCUT2D eigenvalue weighted by Crippen LogP contribution is -2.25. The van der Waals surface area contributed by atoms with E-state index in [2.05, 4.69) is 17.0 Å². The molecule has 0 amide bonds. The number of ether oxygens (including phenoxy) is 1. The number of alkyl halides is 3. The lowest BCUT2D eigenvalue weighted by molar-refractivity contribution is -0.175. The third-order valence-electron chi connectivity index (χ3n) is 2.69. The topological polar surface area (TPSA) is 21.3 Å². The summed E-state index contributed by atoms with van der Waals surface area (Å²) in [6.45, 7) is 0.844. The molecular formula is C13H18F3NO. The van der Waals surface area contributed by atoms with Gasteiger partial charge in [0.1, 0.15) is 6.61 Å². The molecule has 0 saturated carbocycles. The molecule has 0 aromatic heterocycles. The maximum absolute atomic E-state index is 12.0. The number of hydrogen-bond acceptors (Lipinski definition) is 2. The van der Waals surface area contributed by atoms with Gasteiger partial charge in [0.05, 0.1) is 12.6 Å². The molecule has 1 N–H and O–H groups in total. The minimum absolute atomic E-state index is 0.00147. The van der Waals surface area contributed by atoms with E-state index in [1.54, 1.807) is 7.05 Å². The fourth-order valence-electron chi connectivity index (χ4n) is 1.62. The van der Waals surface area contributed by atoms with Crippen molar-refractivity contribution in [3.8, 4) is 0 Å². The van der Waals surface area contributed by atoms with Gasteiger partial charge < -0.3 is 10.1 Å². The smallest absolute Gasteiger partial charge is 0.370 e. The van der Waals surface area contributed by atoms with Crippen LogP contribution >= 0.6 is 0 Å². The van der Waals surface area contributed by atoms with E-state index in [0.717, 1.165) is 12.0 Å². The Labute approximate surface area is 105 Å². The summed E-state index contributed by atoms with van der Waals surface area (Å²) >= 11 is 0. The average molecular weight is 261 g/mol. The van der Waals surface area contributed by atoms with Gasteiger partial charge in [0.15, 0.2) is 0 Å². The Kier molecular flexibility index (Phi) is 5.62. The second-order valence-electron chi connectivity index (χ2n) is 4.07. The Bertz CT molecular complexity index is 348. The first kappa shape index (κ1) is 15.0. The first-order valence-electron chi connectivity index (χ1n) is 5.87. The van der Waals surface area contributed by atoms with Gasteiger partial charge in [-0.15, -0.1) is 0 Å². The van der Waals surface area contributed by atoms with E-state index >= 15 is 0 Å². The van der Waals surface area contributed by atoms with E-state index in [0.29, 0.717) is 0 Å². The predicted octanol–water partition coefficient (Wildman–Crippen LogP) is 3.09. The van der Waals surface area contributed by atoms with E-state index in [9.17, 15) is 13.2 Å². The van der Waals surface area contributed by atoms with Crippen molar-refractivity contribution in [2.75, 3.05) is 20.3 Å². The summed E-state index contributed by atoms with van der Waals surface area (Å²) in [6.07, 6.45) is -3.33. The molecule has 0 saturated heterocycles. The summed E-state index contributed by atoms with van der Waals surface area (Å²) in [6, 6.07) is 7.55. The SMILES string of the molecule is CCc1ccc(C(COCC(F)(F)F)NC)cc1. The number of aryl methyl sites for hydroxylation is 1. The molecule has 1 atom stereocenters. The minimum atomic E-state index is -4.27. The molecule has 0 heterocycles. The zero-order chi connectivity index (χ0) is 13.6. The summed E-state index contributed by atoms with van der Waals surface area (Å²) in [5.74, 6) is 0. The monoisotopic (exact) mass is 261 g/mol. The number of nitrogens with one attached hydrogen (secondary N) is 1. The summed E-state index contributed by atoms with van der Waals surface area (Å²) in [5, 5.41) is 2.95. The maximum atomic E-state index is 12.0. The van der Waals surface area contributed by atoms with Gasteiger partial charge in [-0.05, 0) is 24.6 Å². The fraction of sp³-hybridized carbons (Fsp3) is 0.538. The largest absolute Gasteiger partial charge is 0.411 e. The highest BCUT2D eigenvalue weighted by atomic mass is 19.4. The molecule has 0 fully saturated rings. The third kappa shape index (κ3) is 5.06. The zero-order valence-electron chi connectivity index (χ0n) is 10.6. The van der Waals surface area contributed by atoms with Crippen molar-refractivity contribution in [3.63, 3.8) is 0 Å². The number of hydrogen-bond donors (Lipinski definition) is 1. The number of benzene rings is 1. The Balaban J connectivity index is 2.54. The Morgan fingerprint density at radius 2 is 1.83 bits per heavy atom. The first-order valence-corrected chi connectivity index (χ1v) is 5.87. The summed E-state index contributed by atoms with van der Waals surface area (Å²) in [7, 11) is 1.70. The quantitative estimate of drug-likeness (QED) is 0.849. The molecule has 18 heavy (non-hydrogen) atoms. The van der Waals surface area contributed by atoms with E-state index in [1.807, 2.05) is 24.3 Å². The Hall–Kier alpha value is -1.07. The molecule has 0 bridgehead atoms. The van der Waals surface area contributed by atoms with Gasteiger partial charge in [-0.25, -0.2) is 0 Å². The van der Waals surface area contributed by atoms with Crippen molar-refractivity contribution < 1.29 is 17.9 Å². The number of halogens is 3. The second-order valence-corrected chi connectivity index (χ2v) is 4.07. The van der Waals surface area contributed by atoms with Crippen molar-refractivity contribution in [2.24, 2.45) is 0 Å². The van der Waals surface area contributed by atoms with Crippen LogP contribution in [-0.4, -0.2) is 26.4 Å². The van der Waals surface area contributed by atoms with Gasteiger partial charge >= 0.3 is 6.18 Å². The molecule has 1 aromatic carbocycles. The van der Waals surface area contributed by atoms with Crippen LogP contribution in [0.25, 0.3) is 0 Å². The molecular weight excluding hydrogens is 243 g/mol. The van der Waals surface area contributed by atoms with E-state index in [1.165, 1.54) is 5.56 Å². The summed E-state index contributed by atoms with van der Waals surface area (Å²) in [4.78, 5) is 0. The van der Waals surface area contributed by atoms with Crippen LogP contribution in [0.2, 0.25) is 0 Å².